The van der Waals surface area contributed by atoms with Crippen molar-refractivity contribution in [1.82, 2.24) is 19.8 Å². The van der Waals surface area contributed by atoms with Crippen LogP contribution in [0.25, 0.3) is 10.9 Å². The predicted octanol–water partition coefficient (Wildman–Crippen LogP) is 3.78. The van der Waals surface area contributed by atoms with Gasteiger partial charge in [-0.05, 0) is 43.0 Å². The number of fused-ring (bicyclic) bond motifs is 1. The second-order valence-corrected chi connectivity index (χ2v) is 11.2. The van der Waals surface area contributed by atoms with Crippen LogP contribution < -0.4 is 15.4 Å². The third-order valence-electron chi connectivity index (χ3n) is 7.60. The molecule has 5 rings (SSSR count). The maximum atomic E-state index is 13.7. The standard InChI is InChI=1S/C31H34ClFN6O6/c1-43-30(41)28(31(42)44-2)39-12-10-38(11-13-39)9-3-4-27(40)37-25-15-21-24(16-26(25)45-17-19-5-6-19)34-18-35-29(21)36-20-7-8-23(33)22(32)14-20/h3-4,7-8,14-16,18-19,28H,5-6,9-13,17H2,1-2H3,(H,37,40)(H,34,35,36). The number of amides is 1. The first kappa shape index (κ1) is 32.1. The highest BCUT2D eigenvalue weighted by Crippen LogP contribution is 2.36. The smallest absolute Gasteiger partial charge is 0.334 e. The zero-order valence-corrected chi connectivity index (χ0v) is 25.7. The van der Waals surface area contributed by atoms with Gasteiger partial charge in [-0.3, -0.25) is 14.6 Å². The fourth-order valence-corrected chi connectivity index (χ4v) is 5.09. The highest BCUT2D eigenvalue weighted by Gasteiger charge is 2.36. The summed E-state index contributed by atoms with van der Waals surface area (Å²) in [5.74, 6) is -0.761. The number of nitrogens with one attached hydrogen (secondary N) is 2. The van der Waals surface area contributed by atoms with Gasteiger partial charge in [0, 0.05) is 55.9 Å². The Morgan fingerprint density at radius 2 is 1.80 bits per heavy atom. The van der Waals surface area contributed by atoms with Gasteiger partial charge in [0.05, 0.1) is 37.1 Å². The summed E-state index contributed by atoms with van der Waals surface area (Å²) in [4.78, 5) is 49.8. The van der Waals surface area contributed by atoms with Gasteiger partial charge in [0.2, 0.25) is 11.9 Å². The van der Waals surface area contributed by atoms with Crippen molar-refractivity contribution in [3.8, 4) is 5.75 Å². The minimum Gasteiger partial charge on any atom is -0.491 e. The van der Waals surface area contributed by atoms with E-state index in [4.69, 9.17) is 25.8 Å². The molecule has 45 heavy (non-hydrogen) atoms. The predicted molar refractivity (Wildman–Crippen MR) is 166 cm³/mol. The van der Waals surface area contributed by atoms with Crippen LogP contribution in [0.5, 0.6) is 5.75 Å². The number of methoxy groups -OCH3 is 2. The molecule has 1 aromatic heterocycles. The molecule has 1 aliphatic carbocycles. The summed E-state index contributed by atoms with van der Waals surface area (Å²) in [6, 6.07) is 6.67. The number of anilines is 3. The number of halogens is 2. The molecule has 238 valence electrons. The molecule has 0 radical (unpaired) electrons. The molecule has 12 nitrogen and oxygen atoms in total. The van der Waals surface area contributed by atoms with Crippen LogP contribution in [0.3, 0.4) is 0 Å². The van der Waals surface area contributed by atoms with Crippen LogP contribution in [0.1, 0.15) is 12.8 Å². The average molecular weight is 641 g/mol. The maximum Gasteiger partial charge on any atom is 0.334 e. The van der Waals surface area contributed by atoms with Crippen molar-refractivity contribution in [2.45, 2.75) is 18.9 Å². The molecule has 2 aliphatic rings. The second kappa shape index (κ2) is 14.6. The number of nitrogens with zero attached hydrogens (tertiary/aromatic N) is 4. The van der Waals surface area contributed by atoms with Gasteiger partial charge < -0.3 is 24.8 Å². The Kier molecular flexibility index (Phi) is 10.4. The van der Waals surface area contributed by atoms with E-state index < -0.39 is 23.8 Å². The van der Waals surface area contributed by atoms with Crippen molar-refractivity contribution >= 4 is 57.5 Å². The highest BCUT2D eigenvalue weighted by molar-refractivity contribution is 6.31. The average Bonchev–Trinajstić information content (AvgIpc) is 3.87. The lowest BCUT2D eigenvalue weighted by Crippen LogP contribution is -2.56. The van der Waals surface area contributed by atoms with Crippen LogP contribution >= 0.6 is 11.6 Å². The first-order chi connectivity index (χ1) is 21.7. The van der Waals surface area contributed by atoms with E-state index in [1.54, 1.807) is 29.2 Å². The van der Waals surface area contributed by atoms with Crippen LogP contribution in [-0.2, 0) is 23.9 Å². The zero-order valence-electron chi connectivity index (χ0n) is 24.9. The fourth-order valence-electron chi connectivity index (χ4n) is 4.91. The first-order valence-corrected chi connectivity index (χ1v) is 14.9. The Labute approximate surface area is 264 Å². The molecule has 2 heterocycles. The summed E-state index contributed by atoms with van der Waals surface area (Å²) >= 11 is 5.95. The van der Waals surface area contributed by atoms with E-state index in [0.29, 0.717) is 79.1 Å². The van der Waals surface area contributed by atoms with E-state index in [2.05, 4.69) is 25.5 Å². The van der Waals surface area contributed by atoms with Gasteiger partial charge >= 0.3 is 11.9 Å². The first-order valence-electron chi connectivity index (χ1n) is 14.5. The SMILES string of the molecule is COC(=O)C(C(=O)OC)N1CCN(CC=CC(=O)Nc2cc3c(Nc4ccc(F)c(Cl)c4)ncnc3cc2OCC2CC2)CC1. The molecule has 1 aliphatic heterocycles. The number of esters is 2. The summed E-state index contributed by atoms with van der Waals surface area (Å²) in [6.07, 6.45) is 6.83. The molecule has 0 atom stereocenters. The zero-order chi connectivity index (χ0) is 31.9. The molecule has 2 N–H and O–H groups in total. The van der Waals surface area contributed by atoms with Gasteiger partial charge in [0.1, 0.15) is 23.7 Å². The topological polar surface area (TPSA) is 135 Å². The van der Waals surface area contributed by atoms with Crippen molar-refractivity contribution < 1.29 is 33.0 Å². The van der Waals surface area contributed by atoms with Gasteiger partial charge in [-0.2, -0.15) is 0 Å². The van der Waals surface area contributed by atoms with Crippen LogP contribution in [0, 0.1) is 11.7 Å². The van der Waals surface area contributed by atoms with Crippen LogP contribution in [0.4, 0.5) is 21.6 Å². The Morgan fingerprint density at radius 3 is 2.47 bits per heavy atom. The summed E-state index contributed by atoms with van der Waals surface area (Å²) in [5, 5.41) is 6.65. The van der Waals surface area contributed by atoms with E-state index in [1.807, 2.05) is 0 Å². The number of benzene rings is 2. The number of hydrogen-bond donors (Lipinski definition) is 2. The number of piperazine rings is 1. The van der Waals surface area contributed by atoms with Crippen LogP contribution in [0.2, 0.25) is 5.02 Å². The van der Waals surface area contributed by atoms with Gasteiger partial charge in [0.15, 0.2) is 0 Å². The minimum absolute atomic E-state index is 0.0256. The summed E-state index contributed by atoms with van der Waals surface area (Å²) in [6.45, 7) is 3.09. The Hall–Kier alpha value is -4.33. The molecule has 2 fully saturated rings. The lowest BCUT2D eigenvalue weighted by molar-refractivity contribution is -0.161. The number of carbonyl (C=O) groups is 3. The molecule has 1 amide bonds. The number of aromatic nitrogens is 2. The number of ether oxygens (including phenoxy) is 3. The van der Waals surface area contributed by atoms with E-state index in [0.717, 1.165) is 12.8 Å². The molecule has 0 bridgehead atoms. The fraction of sp³-hybridized carbons (Fsp3) is 0.387. The lowest BCUT2D eigenvalue weighted by atomic mass is 10.1. The molecule has 0 unspecified atom stereocenters. The van der Waals surface area contributed by atoms with E-state index in [9.17, 15) is 18.8 Å². The van der Waals surface area contributed by atoms with E-state index in [1.165, 1.54) is 38.8 Å². The Balaban J connectivity index is 1.25. The molecule has 1 saturated carbocycles. The third-order valence-corrected chi connectivity index (χ3v) is 7.89. The molecular weight excluding hydrogens is 607 g/mol. The maximum absolute atomic E-state index is 13.7. The number of hydrogen-bond acceptors (Lipinski definition) is 11. The lowest BCUT2D eigenvalue weighted by Gasteiger charge is -2.36. The molecular formula is C31H34ClFN6O6. The summed E-state index contributed by atoms with van der Waals surface area (Å²) in [5.41, 5.74) is 1.59. The monoisotopic (exact) mass is 640 g/mol. The summed E-state index contributed by atoms with van der Waals surface area (Å²) in [7, 11) is 2.47. The Bertz CT molecular complexity index is 1580. The largest absolute Gasteiger partial charge is 0.491 e. The number of rotatable bonds is 12. The van der Waals surface area contributed by atoms with Gasteiger partial charge in [-0.15, -0.1) is 0 Å². The van der Waals surface area contributed by atoms with Crippen molar-refractivity contribution in [3.05, 3.63) is 59.7 Å². The van der Waals surface area contributed by atoms with Crippen molar-refractivity contribution in [2.24, 2.45) is 5.92 Å². The van der Waals surface area contributed by atoms with Crippen LogP contribution in [-0.4, -0.2) is 97.2 Å². The molecule has 1 saturated heterocycles. The van der Waals surface area contributed by atoms with Crippen molar-refractivity contribution in [1.29, 1.82) is 0 Å². The number of carbonyl (C=O) groups excluding carboxylic acids is 3. The van der Waals surface area contributed by atoms with Gasteiger partial charge in [-0.1, -0.05) is 17.7 Å². The van der Waals surface area contributed by atoms with E-state index in [-0.39, 0.29) is 10.9 Å². The molecule has 3 aromatic rings. The summed E-state index contributed by atoms with van der Waals surface area (Å²) < 4.78 is 29.3. The highest BCUT2D eigenvalue weighted by atomic mass is 35.5. The van der Waals surface area contributed by atoms with Gasteiger partial charge in [0.25, 0.3) is 0 Å². The van der Waals surface area contributed by atoms with Crippen molar-refractivity contribution in [2.75, 3.05) is 64.2 Å². The van der Waals surface area contributed by atoms with Gasteiger partial charge in [-0.25, -0.2) is 23.9 Å². The third kappa shape index (κ3) is 8.24. The second-order valence-electron chi connectivity index (χ2n) is 10.8. The van der Waals surface area contributed by atoms with Crippen molar-refractivity contribution in [3.63, 3.8) is 0 Å². The molecule has 2 aromatic carbocycles. The van der Waals surface area contributed by atoms with Crippen LogP contribution in [0.15, 0.2) is 48.8 Å². The quantitative estimate of drug-likeness (QED) is 0.170. The normalized spacial score (nSPS) is 15.8. The Morgan fingerprint density at radius 1 is 1.07 bits per heavy atom. The minimum atomic E-state index is -1.10. The molecule has 14 heteroatoms. The molecule has 0 spiro atoms. The van der Waals surface area contributed by atoms with E-state index >= 15 is 0 Å².